The molecule has 1 aliphatic heterocycles. The fourth-order valence-corrected chi connectivity index (χ4v) is 7.27. The van der Waals surface area contributed by atoms with Crippen LogP contribution in [0.5, 0.6) is 0 Å². The highest BCUT2D eigenvalue weighted by atomic mass is 32.3. The molecule has 0 amide bonds. The van der Waals surface area contributed by atoms with Crippen LogP contribution in [-0.4, -0.2) is 61.7 Å². The molecule has 3 aromatic rings. The lowest BCUT2D eigenvalue weighted by Gasteiger charge is -2.29. The molecule has 4 rings (SSSR count). The Kier molecular flexibility index (Phi) is 6.86. The minimum absolute atomic E-state index is 0.0502. The van der Waals surface area contributed by atoms with E-state index in [1.807, 2.05) is 26.8 Å². The Morgan fingerprint density at radius 1 is 1.16 bits per heavy atom. The Hall–Kier alpha value is -2.65. The van der Waals surface area contributed by atoms with Crippen molar-refractivity contribution in [1.29, 1.82) is 0 Å². The van der Waals surface area contributed by atoms with Crippen molar-refractivity contribution in [3.8, 4) is 11.1 Å². The number of hydrogen-bond acceptors (Lipinski definition) is 7. The summed E-state index contributed by atoms with van der Waals surface area (Å²) in [6.45, 7) is 6.12. The van der Waals surface area contributed by atoms with E-state index in [2.05, 4.69) is 14.8 Å². The van der Waals surface area contributed by atoms with Crippen LogP contribution in [0.1, 0.15) is 32.9 Å². The number of hydrogen-bond donors (Lipinski definition) is 3. The number of H-pyrrole nitrogens is 1. The summed E-state index contributed by atoms with van der Waals surface area (Å²) < 4.78 is 84.9. The molecule has 0 radical (unpaired) electrons. The summed E-state index contributed by atoms with van der Waals surface area (Å²) in [5.41, 5.74) is 2.80. The molecule has 0 aliphatic carbocycles. The molecule has 9 nitrogen and oxygen atoms in total. The molecule has 37 heavy (non-hydrogen) atoms. The number of hydroxylamine groups is 1. The van der Waals surface area contributed by atoms with E-state index in [4.69, 9.17) is 0 Å². The van der Waals surface area contributed by atoms with Gasteiger partial charge in [-0.15, -0.1) is 0 Å². The zero-order valence-corrected chi connectivity index (χ0v) is 21.7. The molecule has 0 saturated carbocycles. The number of benzene rings is 1. The molecule has 1 atom stereocenters. The monoisotopic (exact) mass is 561 g/mol. The molecule has 3 N–H and O–H groups in total. The molecule has 0 bridgehead atoms. The third-order valence-corrected chi connectivity index (χ3v) is 9.50. The Morgan fingerprint density at radius 3 is 2.35 bits per heavy atom. The number of carbonyl (C=O) groups excluding carboxylic acids is 1. The number of nitrogens with one attached hydrogen (secondary N) is 1. The van der Waals surface area contributed by atoms with Gasteiger partial charge in [0, 0.05) is 28.4 Å². The van der Waals surface area contributed by atoms with Crippen LogP contribution in [0.25, 0.3) is 22.2 Å². The molecular formula is C23H26F3N3O6S2. The maximum atomic E-state index is 13.3. The summed E-state index contributed by atoms with van der Waals surface area (Å²) in [5.74, 6) is -3.50. The van der Waals surface area contributed by atoms with Crippen LogP contribution < -0.4 is 0 Å². The van der Waals surface area contributed by atoms with Crippen LogP contribution in [0, 0.1) is 0 Å². The largest absolute Gasteiger partial charge is 0.492 e. The predicted molar refractivity (Wildman–Crippen MR) is 132 cm³/mol. The molecular weight excluding hydrogens is 535 g/mol. The quantitative estimate of drug-likeness (QED) is 0.371. The van der Waals surface area contributed by atoms with Crippen LogP contribution in [0.15, 0.2) is 47.5 Å². The molecule has 1 aliphatic rings. The van der Waals surface area contributed by atoms with Gasteiger partial charge < -0.3 is 9.82 Å². The second-order valence-electron chi connectivity index (χ2n) is 9.83. The molecule has 1 aromatic carbocycles. The number of alkyl halides is 3. The molecule has 0 spiro atoms. The molecule has 1 fully saturated rings. The van der Waals surface area contributed by atoms with Gasteiger partial charge in [0.15, 0.2) is 0 Å². The fraction of sp³-hybridized carbons (Fsp3) is 0.391. The van der Waals surface area contributed by atoms with E-state index >= 15 is 0 Å². The number of fused-ring (bicyclic) bond motifs is 1. The van der Waals surface area contributed by atoms with Crippen molar-refractivity contribution in [2.75, 3.05) is 11.5 Å². The third kappa shape index (κ3) is 5.62. The topological polar surface area (TPSA) is 133 Å². The van der Waals surface area contributed by atoms with Gasteiger partial charge in [0.05, 0.1) is 16.7 Å². The van der Waals surface area contributed by atoms with E-state index in [-0.39, 0.29) is 22.1 Å². The second kappa shape index (κ2) is 9.27. The molecule has 3 heterocycles. The highest BCUT2D eigenvalue weighted by Crippen LogP contribution is 2.48. The Balaban J connectivity index is 1.70. The van der Waals surface area contributed by atoms with Gasteiger partial charge in [0.25, 0.3) is 10.0 Å². The molecule has 1 unspecified atom stereocenters. The highest BCUT2D eigenvalue weighted by molar-refractivity contribution is 8.24. The lowest BCUT2D eigenvalue weighted by molar-refractivity contribution is -0.226. The molecule has 2 aromatic heterocycles. The van der Waals surface area contributed by atoms with E-state index in [0.29, 0.717) is 11.2 Å². The average molecular weight is 562 g/mol. The highest BCUT2D eigenvalue weighted by Gasteiger charge is 2.48. The first-order chi connectivity index (χ1) is 17.0. The number of carbonyl (C=O) groups is 1. The van der Waals surface area contributed by atoms with Crippen molar-refractivity contribution in [3.05, 3.63) is 48.3 Å². The standard InChI is InChI=1S/C23H26F3N3O6S2/c1-22(2,3)19-12-18-17(8-10-27-20(18)28-19)14-4-6-16(7-5-14)37(33,34)29(35-21(30)23(24,25)26)15-9-11-36(31,32)13-15/h4-8,10,12,15,31-32H,9,11,13H2,1-3H3,(H,27,28). The SMILES string of the molecule is CC(C)(C)c1cc2c(-c3ccc(S(=O)(=O)N(OC(=O)C(F)(F)F)C4CCS(O)(O)C4)cc3)ccnc2[nH]1. The zero-order valence-electron chi connectivity index (χ0n) is 20.1. The summed E-state index contributed by atoms with van der Waals surface area (Å²) in [4.78, 5) is 23.0. The van der Waals surface area contributed by atoms with Crippen molar-refractivity contribution in [2.24, 2.45) is 0 Å². The fourth-order valence-electron chi connectivity index (χ4n) is 4.01. The number of aromatic amines is 1. The van der Waals surface area contributed by atoms with Crippen molar-refractivity contribution in [2.45, 2.75) is 49.7 Å². The van der Waals surface area contributed by atoms with Crippen LogP contribution >= 0.6 is 10.6 Å². The lowest BCUT2D eigenvalue weighted by Crippen LogP contribution is -2.45. The zero-order chi connectivity index (χ0) is 27.4. The average Bonchev–Trinajstić information content (AvgIpc) is 3.39. The van der Waals surface area contributed by atoms with Gasteiger partial charge in [-0.25, -0.2) is 18.2 Å². The van der Waals surface area contributed by atoms with Crippen LogP contribution in [0.4, 0.5) is 13.2 Å². The van der Waals surface area contributed by atoms with Crippen LogP contribution in [-0.2, 0) is 25.1 Å². The van der Waals surface area contributed by atoms with Gasteiger partial charge in [-0.2, -0.15) is 23.8 Å². The Bertz CT molecular complexity index is 1430. The van der Waals surface area contributed by atoms with E-state index in [9.17, 15) is 35.5 Å². The van der Waals surface area contributed by atoms with Gasteiger partial charge >= 0.3 is 12.1 Å². The number of pyridine rings is 1. The summed E-state index contributed by atoms with van der Waals surface area (Å²) in [6, 6.07) is 7.70. The minimum Gasteiger partial charge on any atom is -0.345 e. The number of nitrogens with zero attached hydrogens (tertiary/aromatic N) is 2. The van der Waals surface area contributed by atoms with Gasteiger partial charge in [-0.3, -0.25) is 9.11 Å². The number of rotatable bonds is 5. The lowest BCUT2D eigenvalue weighted by atomic mass is 9.92. The van der Waals surface area contributed by atoms with E-state index in [0.717, 1.165) is 16.6 Å². The van der Waals surface area contributed by atoms with Crippen LogP contribution in [0.3, 0.4) is 0 Å². The van der Waals surface area contributed by atoms with Crippen molar-refractivity contribution in [3.63, 3.8) is 0 Å². The van der Waals surface area contributed by atoms with E-state index in [1.165, 1.54) is 24.3 Å². The van der Waals surface area contributed by atoms with Crippen LogP contribution in [0.2, 0.25) is 0 Å². The number of halogens is 3. The van der Waals surface area contributed by atoms with Gasteiger partial charge in [0.1, 0.15) is 5.65 Å². The predicted octanol–water partition coefficient (Wildman–Crippen LogP) is 5.06. The van der Waals surface area contributed by atoms with Crippen molar-refractivity contribution < 1.29 is 40.3 Å². The van der Waals surface area contributed by atoms with Crippen molar-refractivity contribution >= 4 is 37.6 Å². The summed E-state index contributed by atoms with van der Waals surface area (Å²) >= 11 is 0. The Labute approximate surface area is 213 Å². The third-order valence-electron chi connectivity index (χ3n) is 5.98. The summed E-state index contributed by atoms with van der Waals surface area (Å²) in [6.07, 6.45) is -4.04. The number of sulfonamides is 1. The molecule has 1 saturated heterocycles. The maximum absolute atomic E-state index is 13.3. The first-order valence-electron chi connectivity index (χ1n) is 11.1. The molecule has 202 valence electrons. The van der Waals surface area contributed by atoms with Gasteiger partial charge in [0.2, 0.25) is 0 Å². The van der Waals surface area contributed by atoms with Crippen molar-refractivity contribution in [1.82, 2.24) is 14.4 Å². The normalized spacial score (nSPS) is 19.3. The summed E-state index contributed by atoms with van der Waals surface area (Å²) in [5, 5.41) is 0.805. The maximum Gasteiger partial charge on any atom is 0.492 e. The summed E-state index contributed by atoms with van der Waals surface area (Å²) in [7, 11) is -8.00. The smallest absolute Gasteiger partial charge is 0.345 e. The Morgan fingerprint density at radius 2 is 1.81 bits per heavy atom. The number of aromatic nitrogens is 2. The van der Waals surface area contributed by atoms with E-state index in [1.54, 1.807) is 12.3 Å². The molecule has 14 heteroatoms. The van der Waals surface area contributed by atoms with Gasteiger partial charge in [-0.1, -0.05) is 32.9 Å². The minimum atomic E-state index is -5.45. The van der Waals surface area contributed by atoms with Gasteiger partial charge in [-0.05, 0) is 46.3 Å². The first kappa shape index (κ1) is 27.4. The first-order valence-corrected chi connectivity index (χ1v) is 14.5. The second-order valence-corrected chi connectivity index (χ2v) is 14.0. The van der Waals surface area contributed by atoms with E-state index < -0.39 is 49.4 Å².